The molecule has 0 spiro atoms. The lowest BCUT2D eigenvalue weighted by molar-refractivity contribution is 0.238. The lowest BCUT2D eigenvalue weighted by Crippen LogP contribution is -2.25. The van der Waals surface area contributed by atoms with Gasteiger partial charge in [0.2, 0.25) is 5.95 Å². The zero-order valence-electron chi connectivity index (χ0n) is 20.4. The Hall–Kier alpha value is -4.17. The van der Waals surface area contributed by atoms with Crippen LogP contribution in [-0.2, 0) is 0 Å². The Kier molecular flexibility index (Phi) is 6.95. The Balaban J connectivity index is 1.35. The lowest BCUT2D eigenvalue weighted by Gasteiger charge is -2.15. The maximum absolute atomic E-state index is 6.33. The molecule has 5 rings (SSSR count). The van der Waals surface area contributed by atoms with Gasteiger partial charge in [0, 0.05) is 30.1 Å². The standard InChI is InChI=1S/C28H30N6O2/c1-19-18-24(12-13-31-19)36-23-10-4-20(5-11-23)25-26(32-28(30)33-27(25)29)21-6-8-22(9-7-21)35-17-16-34-14-2-3-15-34/h4-13,18H,2-3,14-17H2,1H3,(H4,29,30,32,33). The summed E-state index contributed by atoms with van der Waals surface area (Å²) in [6.45, 7) is 5.88. The molecule has 1 aliphatic heterocycles. The number of anilines is 2. The number of aryl methyl sites for hydroxylation is 1. The van der Waals surface area contributed by atoms with Crippen LogP contribution < -0.4 is 20.9 Å². The highest BCUT2D eigenvalue weighted by Crippen LogP contribution is 2.36. The molecule has 0 saturated carbocycles. The van der Waals surface area contributed by atoms with Crippen LogP contribution in [0.4, 0.5) is 11.8 Å². The average molecular weight is 483 g/mol. The van der Waals surface area contributed by atoms with Crippen molar-refractivity contribution < 1.29 is 9.47 Å². The summed E-state index contributed by atoms with van der Waals surface area (Å²) < 4.78 is 11.9. The van der Waals surface area contributed by atoms with Crippen LogP contribution in [0.15, 0.2) is 66.9 Å². The van der Waals surface area contributed by atoms with Crippen molar-refractivity contribution in [2.24, 2.45) is 0 Å². The predicted octanol–water partition coefficient (Wildman–Crippen LogP) is 4.95. The molecule has 0 aliphatic carbocycles. The van der Waals surface area contributed by atoms with Gasteiger partial charge >= 0.3 is 0 Å². The number of hydrogen-bond donors (Lipinski definition) is 2. The first-order chi connectivity index (χ1) is 17.5. The number of aromatic nitrogens is 3. The van der Waals surface area contributed by atoms with Gasteiger partial charge in [0.15, 0.2) is 0 Å². The smallest absolute Gasteiger partial charge is 0.222 e. The number of hydrogen-bond acceptors (Lipinski definition) is 8. The number of pyridine rings is 1. The highest BCUT2D eigenvalue weighted by Gasteiger charge is 2.16. The number of nitrogen functional groups attached to an aromatic ring is 2. The molecule has 3 heterocycles. The van der Waals surface area contributed by atoms with Crippen LogP contribution in [0, 0.1) is 6.92 Å². The van der Waals surface area contributed by atoms with Gasteiger partial charge in [0.05, 0.1) is 11.3 Å². The van der Waals surface area contributed by atoms with Crippen LogP contribution in [0.5, 0.6) is 17.2 Å². The van der Waals surface area contributed by atoms with Gasteiger partial charge in [-0.1, -0.05) is 12.1 Å². The number of ether oxygens (including phenoxy) is 2. The molecule has 4 N–H and O–H groups in total. The quantitative estimate of drug-likeness (QED) is 0.363. The van der Waals surface area contributed by atoms with E-state index in [0.29, 0.717) is 23.9 Å². The van der Waals surface area contributed by atoms with E-state index in [1.54, 1.807) is 6.20 Å². The summed E-state index contributed by atoms with van der Waals surface area (Å²) in [6, 6.07) is 19.2. The molecule has 0 bridgehead atoms. The van der Waals surface area contributed by atoms with Crippen molar-refractivity contribution in [3.05, 3.63) is 72.6 Å². The average Bonchev–Trinajstić information content (AvgIpc) is 3.38. The van der Waals surface area contributed by atoms with E-state index < -0.39 is 0 Å². The molecule has 0 unspecified atom stereocenters. The number of nitrogens with two attached hydrogens (primary N) is 2. The minimum absolute atomic E-state index is 0.130. The topological polar surface area (TPSA) is 112 Å². The molecule has 0 atom stereocenters. The second kappa shape index (κ2) is 10.6. The Labute approximate surface area is 210 Å². The van der Waals surface area contributed by atoms with Crippen molar-refractivity contribution in [3.8, 4) is 39.6 Å². The largest absolute Gasteiger partial charge is 0.492 e. The lowest BCUT2D eigenvalue weighted by atomic mass is 9.99. The summed E-state index contributed by atoms with van der Waals surface area (Å²) in [6.07, 6.45) is 4.28. The van der Waals surface area contributed by atoms with E-state index in [0.717, 1.165) is 53.5 Å². The minimum Gasteiger partial charge on any atom is -0.492 e. The molecule has 184 valence electrons. The van der Waals surface area contributed by atoms with Gasteiger partial charge in [0.1, 0.15) is 29.7 Å². The van der Waals surface area contributed by atoms with Crippen LogP contribution in [0.1, 0.15) is 18.5 Å². The molecule has 1 aliphatic rings. The Morgan fingerprint density at radius 1 is 0.833 bits per heavy atom. The molecule has 2 aromatic carbocycles. The molecule has 1 saturated heterocycles. The van der Waals surface area contributed by atoms with Crippen LogP contribution in [0.2, 0.25) is 0 Å². The van der Waals surface area contributed by atoms with Gasteiger partial charge in [-0.25, -0.2) is 4.98 Å². The van der Waals surface area contributed by atoms with Crippen molar-refractivity contribution >= 4 is 11.8 Å². The Morgan fingerprint density at radius 2 is 1.53 bits per heavy atom. The third-order valence-corrected chi connectivity index (χ3v) is 6.20. The van der Waals surface area contributed by atoms with E-state index in [9.17, 15) is 0 Å². The van der Waals surface area contributed by atoms with E-state index >= 15 is 0 Å². The predicted molar refractivity (Wildman–Crippen MR) is 142 cm³/mol. The fourth-order valence-corrected chi connectivity index (χ4v) is 4.41. The molecule has 0 amide bonds. The van der Waals surface area contributed by atoms with E-state index in [4.69, 9.17) is 20.9 Å². The summed E-state index contributed by atoms with van der Waals surface area (Å²) in [4.78, 5) is 15.4. The van der Waals surface area contributed by atoms with Gasteiger partial charge in [-0.15, -0.1) is 0 Å². The molecular formula is C28H30N6O2. The highest BCUT2D eigenvalue weighted by atomic mass is 16.5. The van der Waals surface area contributed by atoms with Crippen LogP contribution >= 0.6 is 0 Å². The fourth-order valence-electron chi connectivity index (χ4n) is 4.41. The van der Waals surface area contributed by atoms with Gasteiger partial charge in [-0.3, -0.25) is 9.88 Å². The van der Waals surface area contributed by atoms with E-state index in [2.05, 4.69) is 19.9 Å². The SMILES string of the molecule is Cc1cc(Oc2ccc(-c3c(N)nc(N)nc3-c3ccc(OCCN4CCCC4)cc3)cc2)ccn1. The first-order valence-electron chi connectivity index (χ1n) is 12.1. The van der Waals surface area contributed by atoms with Crippen molar-refractivity contribution in [1.29, 1.82) is 0 Å². The third kappa shape index (κ3) is 5.55. The second-order valence-electron chi connectivity index (χ2n) is 8.87. The summed E-state index contributed by atoms with van der Waals surface area (Å²) in [5, 5.41) is 0. The zero-order valence-corrected chi connectivity index (χ0v) is 20.4. The molecule has 8 nitrogen and oxygen atoms in total. The van der Waals surface area contributed by atoms with Gasteiger partial charge < -0.3 is 20.9 Å². The molecule has 4 aromatic rings. The number of benzene rings is 2. The third-order valence-electron chi connectivity index (χ3n) is 6.20. The van der Waals surface area contributed by atoms with Crippen molar-refractivity contribution in [2.75, 3.05) is 37.7 Å². The molecule has 2 aromatic heterocycles. The molecule has 36 heavy (non-hydrogen) atoms. The van der Waals surface area contributed by atoms with Gasteiger partial charge in [-0.2, -0.15) is 4.98 Å². The van der Waals surface area contributed by atoms with Crippen LogP contribution in [0.3, 0.4) is 0 Å². The molecular weight excluding hydrogens is 452 g/mol. The Bertz CT molecular complexity index is 1320. The van der Waals surface area contributed by atoms with Crippen LogP contribution in [-0.4, -0.2) is 46.1 Å². The summed E-state index contributed by atoms with van der Waals surface area (Å²) in [7, 11) is 0. The normalized spacial score (nSPS) is 13.6. The monoisotopic (exact) mass is 482 g/mol. The maximum Gasteiger partial charge on any atom is 0.222 e. The molecule has 8 heteroatoms. The summed E-state index contributed by atoms with van der Waals surface area (Å²) in [5.74, 6) is 2.71. The van der Waals surface area contributed by atoms with E-state index in [1.165, 1.54) is 12.8 Å². The Morgan fingerprint density at radius 3 is 2.25 bits per heavy atom. The first-order valence-corrected chi connectivity index (χ1v) is 12.1. The number of nitrogens with zero attached hydrogens (tertiary/aromatic N) is 4. The zero-order chi connectivity index (χ0) is 24.9. The van der Waals surface area contributed by atoms with Gasteiger partial charge in [-0.05, 0) is 80.9 Å². The molecule has 0 radical (unpaired) electrons. The van der Waals surface area contributed by atoms with Gasteiger partial charge in [0.25, 0.3) is 0 Å². The maximum atomic E-state index is 6.33. The van der Waals surface area contributed by atoms with Crippen molar-refractivity contribution in [2.45, 2.75) is 19.8 Å². The minimum atomic E-state index is 0.130. The van der Waals surface area contributed by atoms with E-state index in [-0.39, 0.29) is 5.95 Å². The van der Waals surface area contributed by atoms with Crippen molar-refractivity contribution in [3.63, 3.8) is 0 Å². The number of likely N-dealkylation sites (tertiary alicyclic amines) is 1. The number of rotatable bonds is 8. The summed E-state index contributed by atoms with van der Waals surface area (Å²) in [5.41, 5.74) is 16.3. The molecule has 1 fully saturated rings. The van der Waals surface area contributed by atoms with E-state index in [1.807, 2.05) is 67.6 Å². The van der Waals surface area contributed by atoms with Crippen LogP contribution in [0.25, 0.3) is 22.4 Å². The first kappa shape index (κ1) is 23.6. The fraction of sp³-hybridized carbons (Fsp3) is 0.250. The second-order valence-corrected chi connectivity index (χ2v) is 8.87. The van der Waals surface area contributed by atoms with Crippen molar-refractivity contribution in [1.82, 2.24) is 19.9 Å². The highest BCUT2D eigenvalue weighted by molar-refractivity contribution is 5.88. The summed E-state index contributed by atoms with van der Waals surface area (Å²) >= 11 is 0.